The lowest BCUT2D eigenvalue weighted by atomic mass is 10.0. The van der Waals surface area contributed by atoms with Crippen LogP contribution in [-0.4, -0.2) is 41.2 Å². The summed E-state index contributed by atoms with van der Waals surface area (Å²) in [4.78, 5) is 20.6. The van der Waals surface area contributed by atoms with E-state index in [1.54, 1.807) is 13.1 Å². The number of carbonyl (C=O) groups excluding carboxylic acids is 1. The van der Waals surface area contributed by atoms with Gasteiger partial charge >= 0.3 is 0 Å². The molecule has 6 heteroatoms. The number of carbonyl (C=O) groups is 1. The van der Waals surface area contributed by atoms with Gasteiger partial charge in [-0.3, -0.25) is 9.79 Å². The lowest BCUT2D eigenvalue weighted by Crippen LogP contribution is -2.43. The van der Waals surface area contributed by atoms with Crippen LogP contribution in [0.5, 0.6) is 11.5 Å². The minimum atomic E-state index is -0.0915. The van der Waals surface area contributed by atoms with Crippen LogP contribution in [0, 0.1) is 17.8 Å². The monoisotopic (exact) mass is 424 g/mol. The zero-order chi connectivity index (χ0) is 21.9. The Bertz CT molecular complexity index is 1160. The molecule has 32 heavy (non-hydrogen) atoms. The van der Waals surface area contributed by atoms with Crippen LogP contribution in [0.2, 0.25) is 0 Å². The van der Waals surface area contributed by atoms with Gasteiger partial charge in [-0.25, -0.2) is 0 Å². The van der Waals surface area contributed by atoms with Crippen LogP contribution in [-0.2, 0) is 4.79 Å². The van der Waals surface area contributed by atoms with Crippen molar-refractivity contribution in [1.29, 1.82) is 0 Å². The average molecular weight is 425 g/mol. The van der Waals surface area contributed by atoms with E-state index in [9.17, 15) is 4.79 Å². The van der Waals surface area contributed by atoms with E-state index in [2.05, 4.69) is 39.2 Å². The summed E-state index contributed by atoms with van der Waals surface area (Å²) in [7, 11) is 0. The molecule has 2 aromatic rings. The molecule has 1 N–H and O–H groups in total. The van der Waals surface area contributed by atoms with Crippen molar-refractivity contribution in [2.24, 2.45) is 10.9 Å². The SMILES string of the molecule is CC#CC(=O)N1CC[C@@H](C2NC(c3ccc(Oc4ccccc4)cc3)=C3C=NC=CN32)C1. The van der Waals surface area contributed by atoms with Crippen molar-refractivity contribution in [3.05, 3.63) is 78.3 Å². The number of allylic oxidation sites excluding steroid dienone is 1. The standard InChI is InChI=1S/C26H24N4O2/c1-2-6-24(31)29-15-13-20(18-29)26-28-25(23-17-27-14-16-30(23)26)19-9-11-22(12-10-19)32-21-7-4-3-5-8-21/h3-5,7-12,14,16-17,20,26,28H,13,15,18H2,1H3/t20-,26?/m1/s1. The molecule has 1 saturated heterocycles. The minimum absolute atomic E-state index is 0.0654. The number of ether oxygens (including phenoxy) is 1. The summed E-state index contributed by atoms with van der Waals surface area (Å²) in [5.41, 5.74) is 3.14. The Morgan fingerprint density at radius 2 is 1.91 bits per heavy atom. The Morgan fingerprint density at radius 3 is 2.69 bits per heavy atom. The van der Waals surface area contributed by atoms with Crippen molar-refractivity contribution < 1.29 is 9.53 Å². The molecule has 1 unspecified atom stereocenters. The fraction of sp³-hybridized carbons (Fsp3) is 0.231. The van der Waals surface area contributed by atoms with Crippen LogP contribution < -0.4 is 10.1 Å². The largest absolute Gasteiger partial charge is 0.457 e. The molecule has 2 aromatic carbocycles. The van der Waals surface area contributed by atoms with Gasteiger partial charge in [-0.05, 0) is 55.7 Å². The van der Waals surface area contributed by atoms with E-state index in [4.69, 9.17) is 4.74 Å². The van der Waals surface area contributed by atoms with Crippen molar-refractivity contribution in [3.63, 3.8) is 0 Å². The summed E-state index contributed by atoms with van der Waals surface area (Å²) < 4.78 is 5.93. The van der Waals surface area contributed by atoms with E-state index in [1.807, 2.05) is 59.8 Å². The number of aliphatic imine (C=N–C) groups is 1. The zero-order valence-corrected chi connectivity index (χ0v) is 17.9. The van der Waals surface area contributed by atoms with Crippen LogP contribution in [0.3, 0.4) is 0 Å². The predicted octanol–water partition coefficient (Wildman–Crippen LogP) is 3.81. The van der Waals surface area contributed by atoms with Crippen LogP contribution in [0.25, 0.3) is 5.70 Å². The Kier molecular flexibility index (Phi) is 5.39. The molecule has 0 radical (unpaired) electrons. The maximum atomic E-state index is 12.2. The highest BCUT2D eigenvalue weighted by Gasteiger charge is 2.40. The molecule has 0 spiro atoms. The third-order valence-corrected chi connectivity index (χ3v) is 5.95. The van der Waals surface area contributed by atoms with Gasteiger partial charge in [0.25, 0.3) is 5.91 Å². The number of nitrogens with one attached hydrogen (secondary N) is 1. The molecule has 1 amide bonds. The van der Waals surface area contributed by atoms with E-state index >= 15 is 0 Å². The molecule has 0 saturated carbocycles. The van der Waals surface area contributed by atoms with E-state index in [0.717, 1.165) is 41.4 Å². The third-order valence-electron chi connectivity index (χ3n) is 5.95. The number of hydrogen-bond acceptors (Lipinski definition) is 5. The van der Waals surface area contributed by atoms with E-state index < -0.39 is 0 Å². The number of nitrogens with zero attached hydrogens (tertiary/aromatic N) is 3. The predicted molar refractivity (Wildman–Crippen MR) is 124 cm³/mol. The second kappa shape index (κ2) is 8.64. The highest BCUT2D eigenvalue weighted by Crippen LogP contribution is 2.35. The molecule has 1 fully saturated rings. The maximum absolute atomic E-state index is 12.2. The molecule has 3 aliphatic heterocycles. The van der Waals surface area contributed by atoms with E-state index in [-0.39, 0.29) is 12.1 Å². The number of rotatable bonds is 4. The maximum Gasteiger partial charge on any atom is 0.298 e. The molecule has 0 aromatic heterocycles. The van der Waals surface area contributed by atoms with E-state index in [0.29, 0.717) is 12.5 Å². The normalized spacial score (nSPS) is 21.2. The minimum Gasteiger partial charge on any atom is -0.457 e. The summed E-state index contributed by atoms with van der Waals surface area (Å²) in [6.45, 7) is 3.12. The van der Waals surface area contributed by atoms with Crippen LogP contribution in [0.15, 0.2) is 77.7 Å². The van der Waals surface area contributed by atoms with Crippen molar-refractivity contribution in [1.82, 2.24) is 15.1 Å². The molecule has 6 nitrogen and oxygen atoms in total. The molecule has 160 valence electrons. The Hall–Kier alpha value is -3.98. The first-order valence-corrected chi connectivity index (χ1v) is 10.8. The van der Waals surface area contributed by atoms with E-state index in [1.165, 1.54) is 0 Å². The second-order valence-electron chi connectivity index (χ2n) is 7.95. The van der Waals surface area contributed by atoms with Crippen molar-refractivity contribution in [2.75, 3.05) is 13.1 Å². The number of likely N-dealkylation sites (tertiary alicyclic amines) is 1. The molecule has 2 atom stereocenters. The number of hydrogen-bond donors (Lipinski definition) is 1. The van der Waals surface area contributed by atoms with Gasteiger partial charge in [0.2, 0.25) is 0 Å². The lowest BCUT2D eigenvalue weighted by molar-refractivity contribution is -0.124. The highest BCUT2D eigenvalue weighted by atomic mass is 16.5. The van der Waals surface area contributed by atoms with Gasteiger partial charge in [0.1, 0.15) is 17.7 Å². The first kappa shape index (κ1) is 20.0. The quantitative estimate of drug-likeness (QED) is 0.759. The molecule has 0 aliphatic carbocycles. The van der Waals surface area contributed by atoms with Gasteiger partial charge in [0.15, 0.2) is 0 Å². The van der Waals surface area contributed by atoms with Crippen molar-refractivity contribution >= 4 is 17.8 Å². The van der Waals surface area contributed by atoms with Gasteiger partial charge in [0.05, 0.1) is 17.6 Å². The van der Waals surface area contributed by atoms with Gasteiger partial charge < -0.3 is 19.9 Å². The zero-order valence-electron chi connectivity index (χ0n) is 17.9. The molecule has 3 heterocycles. The lowest BCUT2D eigenvalue weighted by Gasteiger charge is -2.30. The molecular formula is C26H24N4O2. The van der Waals surface area contributed by atoms with Crippen molar-refractivity contribution in [2.45, 2.75) is 19.5 Å². The van der Waals surface area contributed by atoms with Crippen LogP contribution in [0.4, 0.5) is 0 Å². The molecule has 3 aliphatic rings. The Morgan fingerprint density at radius 1 is 1.12 bits per heavy atom. The molecule has 5 rings (SSSR count). The Labute approximate surface area is 187 Å². The number of fused-ring (bicyclic) bond motifs is 1. The smallest absolute Gasteiger partial charge is 0.298 e. The van der Waals surface area contributed by atoms with Gasteiger partial charge in [0, 0.05) is 37.0 Å². The summed E-state index contributed by atoms with van der Waals surface area (Å²) in [6, 6.07) is 17.8. The van der Waals surface area contributed by atoms with Gasteiger partial charge in [-0.2, -0.15) is 0 Å². The fourth-order valence-corrected chi connectivity index (χ4v) is 4.40. The molecular weight excluding hydrogens is 400 g/mol. The summed E-state index contributed by atoms with van der Waals surface area (Å²) >= 11 is 0. The van der Waals surface area contributed by atoms with Gasteiger partial charge in [-0.1, -0.05) is 24.1 Å². The fourth-order valence-electron chi connectivity index (χ4n) is 4.40. The number of amides is 1. The second-order valence-corrected chi connectivity index (χ2v) is 7.95. The van der Waals surface area contributed by atoms with Crippen molar-refractivity contribution in [3.8, 4) is 23.3 Å². The first-order chi connectivity index (χ1) is 15.7. The van der Waals surface area contributed by atoms with Crippen LogP contribution in [0.1, 0.15) is 18.9 Å². The Balaban J connectivity index is 1.34. The summed E-state index contributed by atoms with van der Waals surface area (Å²) in [6.07, 6.45) is 6.69. The summed E-state index contributed by atoms with van der Waals surface area (Å²) in [5, 5.41) is 3.70. The van der Waals surface area contributed by atoms with Gasteiger partial charge in [-0.15, -0.1) is 0 Å². The topological polar surface area (TPSA) is 57.2 Å². The van der Waals surface area contributed by atoms with Crippen LogP contribution >= 0.6 is 0 Å². The average Bonchev–Trinajstić information content (AvgIpc) is 3.46. The molecule has 0 bridgehead atoms. The first-order valence-electron chi connectivity index (χ1n) is 10.8. The number of benzene rings is 2. The third kappa shape index (κ3) is 3.85. The number of para-hydroxylation sites is 1. The highest BCUT2D eigenvalue weighted by molar-refractivity contribution is 5.94. The summed E-state index contributed by atoms with van der Waals surface area (Å²) in [5.74, 6) is 7.17.